The molecular weight excluding hydrogens is 316 g/mol. The third-order valence-electron chi connectivity index (χ3n) is 3.44. The molecule has 1 aliphatic heterocycles. The molecule has 0 unspecified atom stereocenters. The van der Waals surface area contributed by atoms with Gasteiger partial charge in [-0.1, -0.05) is 0 Å². The van der Waals surface area contributed by atoms with Crippen molar-refractivity contribution in [3.05, 3.63) is 35.5 Å². The van der Waals surface area contributed by atoms with E-state index >= 15 is 0 Å². The Bertz CT molecular complexity index is 626. The van der Waals surface area contributed by atoms with Crippen LogP contribution in [0, 0.1) is 0 Å². The number of benzene rings is 1. The van der Waals surface area contributed by atoms with Gasteiger partial charge in [-0.25, -0.2) is 4.79 Å². The fourth-order valence-corrected chi connectivity index (χ4v) is 2.29. The van der Waals surface area contributed by atoms with Gasteiger partial charge in [0.1, 0.15) is 18.1 Å². The number of rotatable bonds is 8. The highest BCUT2D eigenvalue weighted by molar-refractivity contribution is 6.08. The number of esters is 1. The van der Waals surface area contributed by atoms with Crippen LogP contribution in [0.15, 0.2) is 35.5 Å². The van der Waals surface area contributed by atoms with Crippen LogP contribution < -0.4 is 10.1 Å². The summed E-state index contributed by atoms with van der Waals surface area (Å²) in [6, 6.07) is 6.75. The smallest absolute Gasteiger partial charge is 0.337 e. The molecule has 8 heteroatoms. The molecule has 0 radical (unpaired) electrons. The first-order valence-corrected chi connectivity index (χ1v) is 7.43. The van der Waals surface area contributed by atoms with Crippen LogP contribution in [0.3, 0.4) is 0 Å². The summed E-state index contributed by atoms with van der Waals surface area (Å²) in [7, 11) is 1.25. The van der Waals surface area contributed by atoms with E-state index < -0.39 is 5.97 Å². The van der Waals surface area contributed by atoms with Gasteiger partial charge in [0.2, 0.25) is 0 Å². The molecule has 0 aromatic heterocycles. The van der Waals surface area contributed by atoms with E-state index in [-0.39, 0.29) is 50.1 Å². The van der Waals surface area contributed by atoms with Crippen molar-refractivity contribution in [3.8, 4) is 5.75 Å². The number of carbonyl (C=O) groups is 2. The van der Waals surface area contributed by atoms with E-state index in [1.165, 1.54) is 12.0 Å². The summed E-state index contributed by atoms with van der Waals surface area (Å²) >= 11 is 0. The van der Waals surface area contributed by atoms with Crippen molar-refractivity contribution in [2.24, 2.45) is 0 Å². The lowest BCUT2D eigenvalue weighted by Crippen LogP contribution is -2.31. The van der Waals surface area contributed by atoms with Crippen LogP contribution in [-0.4, -0.2) is 67.0 Å². The lowest BCUT2D eigenvalue weighted by atomic mass is 10.2. The second kappa shape index (κ2) is 8.32. The minimum absolute atomic E-state index is 0.0788. The van der Waals surface area contributed by atoms with E-state index in [4.69, 9.17) is 19.7 Å². The number of hydrogen-bond acceptors (Lipinski definition) is 7. The number of ether oxygens (including phenoxy) is 2. The molecule has 3 N–H and O–H groups in total. The van der Waals surface area contributed by atoms with Crippen LogP contribution in [0.1, 0.15) is 0 Å². The molecule has 0 aliphatic carbocycles. The zero-order valence-corrected chi connectivity index (χ0v) is 13.3. The number of hydrogen-bond donors (Lipinski definition) is 3. The minimum atomic E-state index is -0.589. The maximum atomic E-state index is 12.4. The minimum Gasteiger partial charge on any atom is -0.491 e. The topological polar surface area (TPSA) is 108 Å². The van der Waals surface area contributed by atoms with Gasteiger partial charge < -0.3 is 29.9 Å². The number of nitrogens with zero attached hydrogens (tertiary/aromatic N) is 1. The molecule has 130 valence electrons. The van der Waals surface area contributed by atoms with Crippen molar-refractivity contribution in [2.75, 3.05) is 45.3 Å². The van der Waals surface area contributed by atoms with Gasteiger partial charge in [0.15, 0.2) is 0 Å². The van der Waals surface area contributed by atoms with Gasteiger partial charge in [0, 0.05) is 12.2 Å². The van der Waals surface area contributed by atoms with Crippen LogP contribution in [-0.2, 0) is 14.3 Å². The Labute approximate surface area is 139 Å². The second-order valence-corrected chi connectivity index (χ2v) is 5.02. The summed E-state index contributed by atoms with van der Waals surface area (Å²) in [4.78, 5) is 25.6. The Kier molecular flexibility index (Phi) is 6.16. The number of methoxy groups -OCH3 is 1. The number of β-amino-alcohol motifs (C(OH)–C–C–N with tert-alkyl or cyclic N) is 1. The molecule has 0 fully saturated rings. The van der Waals surface area contributed by atoms with E-state index in [0.717, 1.165) is 0 Å². The molecule has 1 aromatic carbocycles. The average molecular weight is 336 g/mol. The molecule has 0 atom stereocenters. The summed E-state index contributed by atoms with van der Waals surface area (Å²) < 4.78 is 9.98. The number of anilines is 1. The maximum Gasteiger partial charge on any atom is 0.337 e. The number of aliphatic hydroxyl groups is 2. The number of carbonyl (C=O) groups excluding carboxylic acids is 2. The summed E-state index contributed by atoms with van der Waals surface area (Å²) in [5.74, 6) is -0.379. The SMILES string of the molecule is COC(=O)C1=C(Nc2ccc(OCCO)cc2)C(=O)N(CCO)C1. The van der Waals surface area contributed by atoms with Crippen molar-refractivity contribution in [1.29, 1.82) is 0 Å². The highest BCUT2D eigenvalue weighted by Crippen LogP contribution is 2.24. The van der Waals surface area contributed by atoms with Crippen LogP contribution in [0.4, 0.5) is 5.69 Å². The standard InChI is InChI=1S/C16H20N2O6/c1-23-16(22)13-10-18(6-7-19)15(21)14(13)17-11-2-4-12(5-3-11)24-9-8-20/h2-5,17,19-20H,6-10H2,1H3. The van der Waals surface area contributed by atoms with Gasteiger partial charge in [0.25, 0.3) is 5.91 Å². The van der Waals surface area contributed by atoms with E-state index in [1.807, 2.05) is 0 Å². The van der Waals surface area contributed by atoms with E-state index in [0.29, 0.717) is 11.4 Å². The maximum absolute atomic E-state index is 12.4. The van der Waals surface area contributed by atoms with Crippen LogP contribution >= 0.6 is 0 Å². The number of amides is 1. The predicted octanol–water partition coefficient (Wildman–Crippen LogP) is -0.269. The summed E-state index contributed by atoms with van der Waals surface area (Å²) in [6.07, 6.45) is 0. The average Bonchev–Trinajstić information content (AvgIpc) is 2.90. The number of aliphatic hydroxyl groups excluding tert-OH is 2. The van der Waals surface area contributed by atoms with Gasteiger partial charge in [-0.15, -0.1) is 0 Å². The molecule has 0 spiro atoms. The molecule has 1 aliphatic rings. The molecule has 0 saturated carbocycles. The lowest BCUT2D eigenvalue weighted by molar-refractivity contribution is -0.136. The van der Waals surface area contributed by atoms with E-state index in [9.17, 15) is 9.59 Å². The van der Waals surface area contributed by atoms with Gasteiger partial charge in [-0.2, -0.15) is 0 Å². The Balaban J connectivity index is 2.17. The van der Waals surface area contributed by atoms with Crippen LogP contribution in [0.25, 0.3) is 0 Å². The van der Waals surface area contributed by atoms with Gasteiger partial charge in [0.05, 0.1) is 32.4 Å². The van der Waals surface area contributed by atoms with Crippen molar-refractivity contribution in [2.45, 2.75) is 0 Å². The Hall–Kier alpha value is -2.58. The highest BCUT2D eigenvalue weighted by atomic mass is 16.5. The van der Waals surface area contributed by atoms with Gasteiger partial charge in [-0.05, 0) is 24.3 Å². The quantitative estimate of drug-likeness (QED) is 0.561. The highest BCUT2D eigenvalue weighted by Gasteiger charge is 2.34. The van der Waals surface area contributed by atoms with Crippen molar-refractivity contribution >= 4 is 17.6 Å². The molecule has 0 bridgehead atoms. The van der Waals surface area contributed by atoms with Crippen LogP contribution in [0.2, 0.25) is 0 Å². The third-order valence-corrected chi connectivity index (χ3v) is 3.44. The van der Waals surface area contributed by atoms with Crippen molar-refractivity contribution < 1.29 is 29.3 Å². The fourth-order valence-electron chi connectivity index (χ4n) is 2.29. The van der Waals surface area contributed by atoms with Crippen LogP contribution in [0.5, 0.6) is 5.75 Å². The molecule has 1 heterocycles. The second-order valence-electron chi connectivity index (χ2n) is 5.02. The molecule has 0 saturated heterocycles. The molecule has 2 rings (SSSR count). The molecule has 8 nitrogen and oxygen atoms in total. The first-order valence-electron chi connectivity index (χ1n) is 7.43. The Morgan fingerprint density at radius 3 is 2.54 bits per heavy atom. The van der Waals surface area contributed by atoms with Crippen molar-refractivity contribution in [1.82, 2.24) is 4.90 Å². The Morgan fingerprint density at radius 1 is 1.25 bits per heavy atom. The normalized spacial score (nSPS) is 14.1. The summed E-state index contributed by atoms with van der Waals surface area (Å²) in [5, 5.41) is 20.7. The van der Waals surface area contributed by atoms with Gasteiger partial charge >= 0.3 is 5.97 Å². The Morgan fingerprint density at radius 2 is 1.96 bits per heavy atom. The zero-order valence-electron chi connectivity index (χ0n) is 13.3. The molecule has 1 amide bonds. The summed E-state index contributed by atoms with van der Waals surface area (Å²) in [5.41, 5.74) is 0.956. The van der Waals surface area contributed by atoms with E-state index in [1.54, 1.807) is 24.3 Å². The lowest BCUT2D eigenvalue weighted by Gasteiger charge is -2.15. The summed E-state index contributed by atoms with van der Waals surface area (Å²) in [6.45, 7) is 0.151. The first-order chi connectivity index (χ1) is 11.6. The monoisotopic (exact) mass is 336 g/mol. The number of nitrogens with one attached hydrogen (secondary N) is 1. The van der Waals surface area contributed by atoms with Gasteiger partial charge in [-0.3, -0.25) is 4.79 Å². The molecular formula is C16H20N2O6. The third kappa shape index (κ3) is 4.03. The largest absolute Gasteiger partial charge is 0.491 e. The zero-order chi connectivity index (χ0) is 17.5. The van der Waals surface area contributed by atoms with Crippen molar-refractivity contribution in [3.63, 3.8) is 0 Å². The molecule has 1 aromatic rings. The predicted molar refractivity (Wildman–Crippen MR) is 85.4 cm³/mol. The fraction of sp³-hybridized carbons (Fsp3) is 0.375. The first kappa shape index (κ1) is 17.8. The van der Waals surface area contributed by atoms with E-state index in [2.05, 4.69) is 5.32 Å². The molecule has 24 heavy (non-hydrogen) atoms.